The van der Waals surface area contributed by atoms with E-state index in [0.29, 0.717) is 0 Å². The second-order valence-corrected chi connectivity index (χ2v) is 3.76. The van der Waals surface area contributed by atoms with Crippen LogP contribution >= 0.6 is 15.9 Å². The van der Waals surface area contributed by atoms with Gasteiger partial charge in [-0.05, 0) is 22.0 Å². The number of alkyl halides is 3. The van der Waals surface area contributed by atoms with E-state index < -0.39 is 18.1 Å². The van der Waals surface area contributed by atoms with Crippen LogP contribution in [-0.2, 0) is 4.74 Å². The van der Waals surface area contributed by atoms with Gasteiger partial charge in [0.15, 0.2) is 0 Å². The largest absolute Gasteiger partial charge is 0.573 e. The molecule has 0 fully saturated rings. The van der Waals surface area contributed by atoms with Gasteiger partial charge in [0, 0.05) is 10.5 Å². The molecule has 17 heavy (non-hydrogen) atoms. The number of halogens is 4. The Labute approximate surface area is 103 Å². The minimum absolute atomic E-state index is 0.0537. The predicted molar refractivity (Wildman–Crippen MR) is 56.6 cm³/mol. The van der Waals surface area contributed by atoms with E-state index >= 15 is 0 Å². The molecule has 0 spiro atoms. The first-order chi connectivity index (χ1) is 7.74. The molecule has 0 saturated carbocycles. The Morgan fingerprint density at radius 3 is 2.41 bits per heavy atom. The molecule has 0 unspecified atom stereocenters. The minimum atomic E-state index is -4.82. The number of carbonyl (C=O) groups excluding carboxylic acids is 1. The maximum absolute atomic E-state index is 12.0. The zero-order valence-corrected chi connectivity index (χ0v) is 10.1. The first-order valence-electron chi connectivity index (χ1n) is 4.17. The molecule has 0 saturated heterocycles. The molecule has 4 nitrogen and oxygen atoms in total. The SMILES string of the molecule is COC(=O)c1c(N)cc(OC(F)(F)F)cc1Br. The van der Waals surface area contributed by atoms with Crippen LogP contribution in [0.2, 0.25) is 0 Å². The summed E-state index contributed by atoms with van der Waals surface area (Å²) in [7, 11) is 1.13. The number of ether oxygens (including phenoxy) is 2. The van der Waals surface area contributed by atoms with Crippen LogP contribution in [0.5, 0.6) is 5.75 Å². The highest BCUT2D eigenvalue weighted by molar-refractivity contribution is 9.10. The Morgan fingerprint density at radius 2 is 2.00 bits per heavy atom. The lowest BCUT2D eigenvalue weighted by Crippen LogP contribution is -2.17. The molecule has 0 heterocycles. The number of nitrogens with two attached hydrogens (primary N) is 1. The van der Waals surface area contributed by atoms with Crippen LogP contribution in [-0.4, -0.2) is 19.4 Å². The van der Waals surface area contributed by atoms with Crippen molar-refractivity contribution >= 4 is 27.6 Å². The van der Waals surface area contributed by atoms with Crippen molar-refractivity contribution in [1.82, 2.24) is 0 Å². The van der Waals surface area contributed by atoms with E-state index in [1.807, 2.05) is 0 Å². The van der Waals surface area contributed by atoms with Gasteiger partial charge in [-0.1, -0.05) is 0 Å². The third-order valence-electron chi connectivity index (χ3n) is 1.72. The molecular weight excluding hydrogens is 307 g/mol. The third kappa shape index (κ3) is 3.52. The van der Waals surface area contributed by atoms with Crippen molar-refractivity contribution in [1.29, 1.82) is 0 Å². The summed E-state index contributed by atoms with van der Waals surface area (Å²) >= 11 is 2.92. The number of rotatable bonds is 2. The molecule has 1 rings (SSSR count). The van der Waals surface area contributed by atoms with Crippen LogP contribution in [0.3, 0.4) is 0 Å². The normalized spacial score (nSPS) is 11.1. The molecule has 0 aromatic heterocycles. The monoisotopic (exact) mass is 313 g/mol. The molecule has 0 aliphatic heterocycles. The van der Waals surface area contributed by atoms with E-state index in [0.717, 1.165) is 19.2 Å². The molecule has 8 heteroatoms. The minimum Gasteiger partial charge on any atom is -0.465 e. The number of hydrogen-bond acceptors (Lipinski definition) is 4. The average molecular weight is 314 g/mol. The maximum Gasteiger partial charge on any atom is 0.573 e. The average Bonchev–Trinajstić information content (AvgIpc) is 2.13. The molecular formula is C9H7BrF3NO3. The molecule has 2 N–H and O–H groups in total. The number of hydrogen-bond donors (Lipinski definition) is 1. The highest BCUT2D eigenvalue weighted by atomic mass is 79.9. The van der Waals surface area contributed by atoms with Crippen LogP contribution in [0, 0.1) is 0 Å². The Balaban J connectivity index is 3.14. The molecule has 94 valence electrons. The van der Waals surface area contributed by atoms with E-state index in [1.165, 1.54) is 0 Å². The van der Waals surface area contributed by atoms with Crippen molar-refractivity contribution in [3.63, 3.8) is 0 Å². The van der Waals surface area contributed by atoms with Gasteiger partial charge in [-0.15, -0.1) is 13.2 Å². The lowest BCUT2D eigenvalue weighted by molar-refractivity contribution is -0.274. The van der Waals surface area contributed by atoms with Crippen LogP contribution in [0.1, 0.15) is 10.4 Å². The molecule has 0 radical (unpaired) electrons. The van der Waals surface area contributed by atoms with Crippen LogP contribution < -0.4 is 10.5 Å². The zero-order chi connectivity index (χ0) is 13.2. The van der Waals surface area contributed by atoms with Gasteiger partial charge >= 0.3 is 12.3 Å². The summed E-state index contributed by atoms with van der Waals surface area (Å²) in [5, 5.41) is 0. The van der Waals surface area contributed by atoms with Gasteiger partial charge < -0.3 is 15.2 Å². The van der Waals surface area contributed by atoms with Gasteiger partial charge in [0.05, 0.1) is 18.4 Å². The molecule has 0 bridgehead atoms. The van der Waals surface area contributed by atoms with E-state index in [9.17, 15) is 18.0 Å². The maximum atomic E-state index is 12.0. The molecule has 0 atom stereocenters. The quantitative estimate of drug-likeness (QED) is 0.673. The standard InChI is InChI=1S/C9H7BrF3NO3/c1-16-8(15)7-5(10)2-4(3-6(7)14)17-9(11,12)13/h2-3H,14H2,1H3. The van der Waals surface area contributed by atoms with Crippen LogP contribution in [0.15, 0.2) is 16.6 Å². The number of benzene rings is 1. The second-order valence-electron chi connectivity index (χ2n) is 2.91. The smallest absolute Gasteiger partial charge is 0.465 e. The Bertz CT molecular complexity index is 425. The number of carbonyl (C=O) groups is 1. The molecule has 1 aromatic carbocycles. The lowest BCUT2D eigenvalue weighted by atomic mass is 10.2. The fourth-order valence-corrected chi connectivity index (χ4v) is 1.73. The zero-order valence-electron chi connectivity index (χ0n) is 8.47. The Kier molecular flexibility index (Phi) is 3.87. The van der Waals surface area contributed by atoms with Crippen molar-refractivity contribution in [2.75, 3.05) is 12.8 Å². The van der Waals surface area contributed by atoms with E-state index in [4.69, 9.17) is 5.73 Å². The number of methoxy groups -OCH3 is 1. The summed E-state index contributed by atoms with van der Waals surface area (Å²) in [4.78, 5) is 11.3. The van der Waals surface area contributed by atoms with E-state index in [-0.39, 0.29) is 15.7 Å². The number of anilines is 1. The molecule has 0 amide bonds. The van der Waals surface area contributed by atoms with Crippen molar-refractivity contribution in [3.05, 3.63) is 22.2 Å². The van der Waals surface area contributed by atoms with E-state index in [2.05, 4.69) is 25.4 Å². The first kappa shape index (κ1) is 13.6. The van der Waals surface area contributed by atoms with Crippen LogP contribution in [0.25, 0.3) is 0 Å². The second kappa shape index (κ2) is 4.82. The highest BCUT2D eigenvalue weighted by Crippen LogP contribution is 2.32. The topological polar surface area (TPSA) is 61.5 Å². The summed E-state index contributed by atoms with van der Waals surface area (Å²) in [5.41, 5.74) is 5.21. The Hall–Kier alpha value is -1.44. The van der Waals surface area contributed by atoms with E-state index in [1.54, 1.807) is 0 Å². The molecule has 0 aliphatic rings. The van der Waals surface area contributed by atoms with Crippen molar-refractivity contribution in [2.45, 2.75) is 6.36 Å². The van der Waals surface area contributed by atoms with Gasteiger partial charge in [-0.3, -0.25) is 0 Å². The summed E-state index contributed by atoms with van der Waals surface area (Å²) in [6, 6.07) is 1.88. The lowest BCUT2D eigenvalue weighted by Gasteiger charge is -2.12. The first-order valence-corrected chi connectivity index (χ1v) is 4.97. The van der Waals surface area contributed by atoms with Gasteiger partial charge in [0.2, 0.25) is 0 Å². The summed E-state index contributed by atoms with van der Waals surface area (Å²) in [6.45, 7) is 0. The number of esters is 1. The van der Waals surface area contributed by atoms with Crippen molar-refractivity contribution in [2.24, 2.45) is 0 Å². The Morgan fingerprint density at radius 1 is 1.41 bits per heavy atom. The fourth-order valence-electron chi connectivity index (χ4n) is 1.11. The van der Waals surface area contributed by atoms with Gasteiger partial charge in [0.25, 0.3) is 0 Å². The molecule has 0 aliphatic carbocycles. The van der Waals surface area contributed by atoms with Crippen molar-refractivity contribution in [3.8, 4) is 5.75 Å². The van der Waals surface area contributed by atoms with Crippen molar-refractivity contribution < 1.29 is 27.4 Å². The fraction of sp³-hybridized carbons (Fsp3) is 0.222. The van der Waals surface area contributed by atoms with Gasteiger partial charge in [-0.25, -0.2) is 4.79 Å². The summed E-state index contributed by atoms with van der Waals surface area (Å²) in [5.74, 6) is -1.28. The van der Waals surface area contributed by atoms with Crippen LogP contribution in [0.4, 0.5) is 18.9 Å². The molecule has 1 aromatic rings. The van der Waals surface area contributed by atoms with Gasteiger partial charge in [0.1, 0.15) is 5.75 Å². The summed E-state index contributed by atoms with van der Waals surface area (Å²) < 4.78 is 44.0. The van der Waals surface area contributed by atoms with Gasteiger partial charge in [-0.2, -0.15) is 0 Å². The highest BCUT2D eigenvalue weighted by Gasteiger charge is 2.31. The number of nitrogen functional groups attached to an aromatic ring is 1. The summed E-state index contributed by atoms with van der Waals surface area (Å²) in [6.07, 6.45) is -4.82. The predicted octanol–water partition coefficient (Wildman–Crippen LogP) is 2.72. The third-order valence-corrected chi connectivity index (χ3v) is 2.34.